The molecule has 0 aromatic carbocycles. The quantitative estimate of drug-likeness (QED) is 0.217. The normalized spacial score (nSPS) is 22.8. The van der Waals surface area contributed by atoms with Crippen LogP contribution in [0.2, 0.25) is 19.6 Å². The van der Waals surface area contributed by atoms with Gasteiger partial charge in [-0.2, -0.15) is 0 Å². The molecule has 2 atom stereocenters. The van der Waals surface area contributed by atoms with E-state index in [-0.39, 0.29) is 18.2 Å². The SMILES string of the molecule is COC(=O)CC/C=C\C[C@@H]1OC(C)(C)O[C@@H]1/C=C/C=C/C#C[Si](C)(C)C. The highest BCUT2D eigenvalue weighted by Crippen LogP contribution is 2.30. The number of rotatable bonds is 7. The van der Waals surface area contributed by atoms with Crippen LogP contribution in [0.15, 0.2) is 36.5 Å². The molecular formula is C21H32O4Si. The van der Waals surface area contributed by atoms with Crippen LogP contribution in [0, 0.1) is 11.5 Å². The van der Waals surface area contributed by atoms with E-state index in [2.05, 4.69) is 35.8 Å². The first-order valence-electron chi connectivity index (χ1n) is 9.06. The summed E-state index contributed by atoms with van der Waals surface area (Å²) in [6, 6.07) is 0. The van der Waals surface area contributed by atoms with E-state index in [0.29, 0.717) is 12.8 Å². The van der Waals surface area contributed by atoms with Crippen molar-refractivity contribution in [3.05, 3.63) is 36.5 Å². The van der Waals surface area contributed by atoms with E-state index in [1.165, 1.54) is 7.11 Å². The van der Waals surface area contributed by atoms with Crippen molar-refractivity contribution in [2.45, 2.75) is 70.7 Å². The Balaban J connectivity index is 2.54. The molecule has 1 rings (SSSR count). The van der Waals surface area contributed by atoms with Crippen molar-refractivity contribution in [1.82, 2.24) is 0 Å². The molecule has 1 fully saturated rings. The fourth-order valence-corrected chi connectivity index (χ4v) is 2.91. The lowest BCUT2D eigenvalue weighted by Gasteiger charge is -2.16. The van der Waals surface area contributed by atoms with Crippen LogP contribution in [0.5, 0.6) is 0 Å². The Hall–Kier alpha value is -1.61. The van der Waals surface area contributed by atoms with E-state index in [0.717, 1.165) is 6.42 Å². The van der Waals surface area contributed by atoms with E-state index in [9.17, 15) is 4.79 Å². The minimum atomic E-state index is -1.32. The number of carbonyl (C=O) groups excluding carboxylic acids is 1. The highest BCUT2D eigenvalue weighted by molar-refractivity contribution is 6.83. The molecule has 1 aliphatic rings. The molecule has 0 radical (unpaired) electrons. The van der Waals surface area contributed by atoms with Crippen LogP contribution in [-0.2, 0) is 19.0 Å². The summed E-state index contributed by atoms with van der Waals surface area (Å²) < 4.78 is 16.5. The van der Waals surface area contributed by atoms with Crippen molar-refractivity contribution in [1.29, 1.82) is 0 Å². The van der Waals surface area contributed by atoms with E-state index in [1.54, 1.807) is 0 Å². The Bertz CT molecular complexity index is 600. The van der Waals surface area contributed by atoms with Gasteiger partial charge in [-0.15, -0.1) is 5.54 Å². The highest BCUT2D eigenvalue weighted by Gasteiger charge is 2.38. The molecule has 144 valence electrons. The fraction of sp³-hybridized carbons (Fsp3) is 0.571. The number of allylic oxidation sites excluding steroid dienone is 4. The summed E-state index contributed by atoms with van der Waals surface area (Å²) in [4.78, 5) is 11.1. The van der Waals surface area contributed by atoms with Gasteiger partial charge in [-0.3, -0.25) is 4.79 Å². The number of hydrogen-bond donors (Lipinski definition) is 0. The molecule has 0 amide bonds. The van der Waals surface area contributed by atoms with Crippen LogP contribution < -0.4 is 0 Å². The number of hydrogen-bond acceptors (Lipinski definition) is 4. The zero-order valence-corrected chi connectivity index (χ0v) is 17.9. The summed E-state index contributed by atoms with van der Waals surface area (Å²) in [6.45, 7) is 10.5. The van der Waals surface area contributed by atoms with Crippen molar-refractivity contribution < 1.29 is 19.0 Å². The van der Waals surface area contributed by atoms with Gasteiger partial charge >= 0.3 is 5.97 Å². The lowest BCUT2D eigenvalue weighted by Crippen LogP contribution is -2.21. The van der Waals surface area contributed by atoms with Crippen LogP contribution in [0.3, 0.4) is 0 Å². The maximum atomic E-state index is 11.1. The molecule has 0 aromatic rings. The van der Waals surface area contributed by atoms with Gasteiger partial charge in [0.2, 0.25) is 0 Å². The van der Waals surface area contributed by atoms with Gasteiger partial charge in [-0.25, -0.2) is 0 Å². The Labute approximate surface area is 159 Å². The second-order valence-electron chi connectivity index (χ2n) is 7.72. The molecule has 0 bridgehead atoms. The second-order valence-corrected chi connectivity index (χ2v) is 12.5. The van der Waals surface area contributed by atoms with Gasteiger partial charge < -0.3 is 14.2 Å². The minimum Gasteiger partial charge on any atom is -0.469 e. The maximum Gasteiger partial charge on any atom is 0.305 e. The zero-order chi connectivity index (χ0) is 19.6. The third-order valence-corrected chi connectivity index (χ3v) is 4.43. The van der Waals surface area contributed by atoms with Crippen LogP contribution in [0.4, 0.5) is 0 Å². The smallest absolute Gasteiger partial charge is 0.305 e. The molecule has 0 aromatic heterocycles. The molecule has 1 aliphatic heterocycles. The van der Waals surface area contributed by atoms with Gasteiger partial charge in [0, 0.05) is 6.42 Å². The number of esters is 1. The van der Waals surface area contributed by atoms with E-state index < -0.39 is 13.9 Å². The van der Waals surface area contributed by atoms with Gasteiger partial charge in [0.05, 0.1) is 13.2 Å². The topological polar surface area (TPSA) is 44.8 Å². The van der Waals surface area contributed by atoms with Gasteiger partial charge in [0.25, 0.3) is 0 Å². The predicted octanol–water partition coefficient (Wildman–Crippen LogP) is 4.40. The first-order chi connectivity index (χ1) is 12.1. The molecule has 1 saturated heterocycles. The van der Waals surface area contributed by atoms with Crippen molar-refractivity contribution in [2.75, 3.05) is 7.11 Å². The molecular weight excluding hydrogens is 344 g/mol. The van der Waals surface area contributed by atoms with Gasteiger partial charge in [-0.1, -0.05) is 55.9 Å². The van der Waals surface area contributed by atoms with Crippen LogP contribution in [-0.4, -0.2) is 39.1 Å². The lowest BCUT2D eigenvalue weighted by molar-refractivity contribution is -0.142. The van der Waals surface area contributed by atoms with E-state index in [1.807, 2.05) is 50.3 Å². The Morgan fingerprint density at radius 3 is 2.58 bits per heavy atom. The molecule has 0 N–H and O–H groups in total. The third-order valence-electron chi connectivity index (χ3n) is 3.54. The van der Waals surface area contributed by atoms with Crippen molar-refractivity contribution in [2.24, 2.45) is 0 Å². The van der Waals surface area contributed by atoms with Crippen LogP contribution >= 0.6 is 0 Å². The second kappa shape index (κ2) is 10.5. The molecule has 4 nitrogen and oxygen atoms in total. The standard InChI is InChI=1S/C21H32O4Si/c1-21(2)24-18(14-10-7-8-13-17-26(4,5)6)19(25-21)15-11-9-12-16-20(22)23-3/h7-11,14,18-19H,12,15-16H2,1-6H3/b8-7+,11-9-,14-10+/t18-,19+/m1/s1. The van der Waals surface area contributed by atoms with Crippen molar-refractivity contribution in [3.63, 3.8) is 0 Å². The van der Waals surface area contributed by atoms with Gasteiger partial charge in [-0.05, 0) is 32.8 Å². The van der Waals surface area contributed by atoms with Gasteiger partial charge in [0.15, 0.2) is 5.79 Å². The summed E-state index contributed by atoms with van der Waals surface area (Å²) in [5.74, 6) is 2.31. The molecule has 26 heavy (non-hydrogen) atoms. The summed E-state index contributed by atoms with van der Waals surface area (Å²) in [7, 11) is 0.0803. The Morgan fingerprint density at radius 1 is 1.19 bits per heavy atom. The highest BCUT2D eigenvalue weighted by atomic mass is 28.3. The maximum absolute atomic E-state index is 11.1. The molecule has 0 saturated carbocycles. The summed E-state index contributed by atoms with van der Waals surface area (Å²) in [5.41, 5.74) is 3.29. The summed E-state index contributed by atoms with van der Waals surface area (Å²) in [5, 5.41) is 0. The summed E-state index contributed by atoms with van der Waals surface area (Å²) >= 11 is 0. The number of ether oxygens (including phenoxy) is 3. The molecule has 0 unspecified atom stereocenters. The van der Waals surface area contributed by atoms with Crippen molar-refractivity contribution >= 4 is 14.0 Å². The minimum absolute atomic E-state index is 0.0444. The number of methoxy groups -OCH3 is 1. The average Bonchev–Trinajstić information content (AvgIpc) is 2.83. The first-order valence-corrected chi connectivity index (χ1v) is 12.6. The molecule has 1 heterocycles. The third kappa shape index (κ3) is 9.76. The predicted molar refractivity (Wildman–Crippen MR) is 108 cm³/mol. The monoisotopic (exact) mass is 376 g/mol. The molecule has 0 spiro atoms. The average molecular weight is 377 g/mol. The van der Waals surface area contributed by atoms with E-state index >= 15 is 0 Å². The fourth-order valence-electron chi connectivity index (χ4n) is 2.40. The Kier molecular flexibility index (Phi) is 9.07. The van der Waals surface area contributed by atoms with Crippen LogP contribution in [0.1, 0.15) is 33.1 Å². The number of carbonyl (C=O) groups is 1. The van der Waals surface area contributed by atoms with Gasteiger partial charge in [0.1, 0.15) is 14.2 Å². The van der Waals surface area contributed by atoms with Crippen LogP contribution in [0.25, 0.3) is 0 Å². The summed E-state index contributed by atoms with van der Waals surface area (Å²) in [6.07, 6.45) is 13.4. The largest absolute Gasteiger partial charge is 0.469 e. The zero-order valence-electron chi connectivity index (χ0n) is 16.9. The molecule has 5 heteroatoms. The Morgan fingerprint density at radius 2 is 1.92 bits per heavy atom. The first kappa shape index (κ1) is 22.4. The van der Waals surface area contributed by atoms with Crippen molar-refractivity contribution in [3.8, 4) is 11.5 Å². The van der Waals surface area contributed by atoms with E-state index in [4.69, 9.17) is 9.47 Å². The molecule has 0 aliphatic carbocycles. The lowest BCUT2D eigenvalue weighted by atomic mass is 10.1.